The fourth-order valence-corrected chi connectivity index (χ4v) is 9.50. The van der Waals surface area contributed by atoms with E-state index in [1.165, 1.54) is 60.8 Å². The molecule has 7 N–H and O–H groups in total. The van der Waals surface area contributed by atoms with E-state index in [0.717, 1.165) is 4.90 Å². The van der Waals surface area contributed by atoms with Crippen molar-refractivity contribution in [3.63, 3.8) is 0 Å². The number of nitrogens with one attached hydrogen (secondary N) is 2. The van der Waals surface area contributed by atoms with Gasteiger partial charge in [-0.25, -0.2) is 14.8 Å². The van der Waals surface area contributed by atoms with Crippen molar-refractivity contribution in [1.82, 2.24) is 25.1 Å². The molecule has 0 bridgehead atoms. The Morgan fingerprint density at radius 2 is 1.46 bits per heavy atom. The lowest BCUT2D eigenvalue weighted by atomic mass is 9.99. The number of anilines is 1. The Balaban J connectivity index is 0.873. The number of aromatic nitrogens is 2. The van der Waals surface area contributed by atoms with Crippen LogP contribution in [-0.4, -0.2) is 170 Å². The Morgan fingerprint density at radius 3 is 2.16 bits per heavy atom. The molecule has 28 heteroatoms. The number of thiophene rings is 1. The average molecular weight is 1150 g/mol. The van der Waals surface area contributed by atoms with Crippen LogP contribution < -0.4 is 34.3 Å². The molecule has 5 atom stereocenters. The van der Waals surface area contributed by atoms with Gasteiger partial charge in [0.05, 0.1) is 73.3 Å². The fourth-order valence-electron chi connectivity index (χ4n) is 8.50. The number of ketones is 1. The van der Waals surface area contributed by atoms with Crippen molar-refractivity contribution < 1.29 is 102 Å². The summed E-state index contributed by atoms with van der Waals surface area (Å²) < 4.78 is 39.9. The highest BCUT2D eigenvalue weighted by Gasteiger charge is 2.48. The second-order valence-corrected chi connectivity index (χ2v) is 19.8. The lowest BCUT2D eigenvalue weighted by Crippen LogP contribution is -2.61. The molecule has 0 unspecified atom stereocenters. The molecule has 7 rings (SSSR count). The third kappa shape index (κ3) is 16.2. The van der Waals surface area contributed by atoms with Gasteiger partial charge in [0.1, 0.15) is 30.7 Å². The SMILES string of the molecule is COc1cc2c(nc1OCCCOc1nc3cc(C(=O)CCC(=O)O)sc3cc1OC)CN(C(=O)CCC(=O)OCc1ccc(O[C@@H]3O[C@H](C(=O)O)[C@@H](O)[C@H](O)[C@H]3O)c(NC(=O)CCNC(=O)CCCCCN3C(=O)C=CC3=O)c1)C2. The number of benzene rings is 1. The molecule has 3 aromatic heterocycles. The minimum absolute atomic E-state index is 0.0726. The average Bonchev–Trinajstić information content (AvgIpc) is 4.24. The number of amides is 5. The van der Waals surface area contributed by atoms with E-state index in [2.05, 4.69) is 20.6 Å². The van der Waals surface area contributed by atoms with Crippen LogP contribution in [0.4, 0.5) is 5.69 Å². The van der Waals surface area contributed by atoms with Crippen LogP contribution in [0.3, 0.4) is 0 Å². The first kappa shape index (κ1) is 60.3. The number of hydrogen-bond acceptors (Lipinski definition) is 22. The number of carbonyl (C=O) groups excluding carboxylic acids is 7. The smallest absolute Gasteiger partial charge is 0.335 e. The van der Waals surface area contributed by atoms with Crippen molar-refractivity contribution in [2.45, 2.75) is 115 Å². The maximum absolute atomic E-state index is 13.4. The molecule has 4 aromatic rings. The zero-order chi connectivity index (χ0) is 58.3. The Morgan fingerprint density at radius 1 is 0.741 bits per heavy atom. The number of hydrogen-bond donors (Lipinski definition) is 7. The number of unbranched alkanes of at least 4 members (excludes halogenated alkanes) is 2. The van der Waals surface area contributed by atoms with Crippen LogP contribution in [-0.2, 0) is 67.5 Å². The van der Waals surface area contributed by atoms with E-state index in [-0.39, 0.29) is 137 Å². The Labute approximate surface area is 465 Å². The molecule has 81 heavy (non-hydrogen) atoms. The highest BCUT2D eigenvalue weighted by molar-refractivity contribution is 7.20. The highest BCUT2D eigenvalue weighted by Crippen LogP contribution is 2.36. The quantitative estimate of drug-likeness (QED) is 0.0170. The van der Waals surface area contributed by atoms with E-state index >= 15 is 0 Å². The molecule has 0 aliphatic carbocycles. The van der Waals surface area contributed by atoms with Gasteiger partial charge in [-0.1, -0.05) is 12.5 Å². The van der Waals surface area contributed by atoms with E-state index in [4.69, 9.17) is 38.3 Å². The van der Waals surface area contributed by atoms with Crippen molar-refractivity contribution >= 4 is 80.5 Å². The van der Waals surface area contributed by atoms with Crippen LogP contribution in [0, 0.1) is 0 Å². The molecular formula is C53H60N6O21S. The first-order chi connectivity index (χ1) is 38.8. The molecule has 1 saturated heterocycles. The number of imide groups is 1. The van der Waals surface area contributed by atoms with Crippen LogP contribution in [0.2, 0.25) is 0 Å². The number of Topliss-reactive ketones (excluding diaryl/α,β-unsaturated/α-hetero) is 1. The van der Waals surface area contributed by atoms with Crippen LogP contribution >= 0.6 is 11.3 Å². The molecule has 3 aliphatic rings. The predicted octanol–water partition coefficient (Wildman–Crippen LogP) is 2.17. The summed E-state index contributed by atoms with van der Waals surface area (Å²) in [6.45, 7) is 0.408. The van der Waals surface area contributed by atoms with Crippen LogP contribution in [0.5, 0.6) is 29.0 Å². The summed E-state index contributed by atoms with van der Waals surface area (Å²) in [6, 6.07) is 9.06. The number of carboxylic acids is 2. The fraction of sp³-hybridized carbons (Fsp3) is 0.453. The first-order valence-electron chi connectivity index (χ1n) is 25.6. The van der Waals surface area contributed by atoms with Crippen LogP contribution in [0.25, 0.3) is 10.2 Å². The molecule has 5 amide bonds. The van der Waals surface area contributed by atoms with Crippen molar-refractivity contribution in [3.05, 3.63) is 70.2 Å². The maximum atomic E-state index is 13.4. The number of methoxy groups -OCH3 is 2. The minimum atomic E-state index is -2.00. The Bertz CT molecular complexity index is 3040. The molecule has 6 heterocycles. The van der Waals surface area contributed by atoms with Crippen LogP contribution in [0.1, 0.15) is 90.7 Å². The predicted molar refractivity (Wildman–Crippen MR) is 279 cm³/mol. The lowest BCUT2D eigenvalue weighted by molar-refractivity contribution is -0.271. The zero-order valence-electron chi connectivity index (χ0n) is 44.0. The number of rotatable bonds is 30. The third-order valence-electron chi connectivity index (χ3n) is 12.8. The number of carboxylic acid groups (broad SMARTS) is 2. The number of esters is 1. The molecule has 0 saturated carbocycles. The molecule has 27 nitrogen and oxygen atoms in total. The summed E-state index contributed by atoms with van der Waals surface area (Å²) in [5.74, 6) is -5.00. The van der Waals surface area contributed by atoms with E-state index in [0.29, 0.717) is 69.1 Å². The molecule has 1 aromatic carbocycles. The van der Waals surface area contributed by atoms with E-state index in [1.807, 2.05) is 0 Å². The summed E-state index contributed by atoms with van der Waals surface area (Å²) in [4.78, 5) is 123. The van der Waals surface area contributed by atoms with Gasteiger partial charge in [-0.15, -0.1) is 11.3 Å². The molecule has 3 aliphatic heterocycles. The number of carbonyl (C=O) groups is 9. The maximum Gasteiger partial charge on any atom is 0.335 e. The number of fused-ring (bicyclic) bond motifs is 2. The van der Waals surface area contributed by atoms with Gasteiger partial charge in [0, 0.05) is 70.0 Å². The molecule has 0 radical (unpaired) electrons. The summed E-state index contributed by atoms with van der Waals surface area (Å²) in [5, 5.41) is 54.8. The highest BCUT2D eigenvalue weighted by atomic mass is 32.1. The van der Waals surface area contributed by atoms with E-state index < -0.39 is 54.5 Å². The zero-order valence-corrected chi connectivity index (χ0v) is 44.8. The van der Waals surface area contributed by atoms with E-state index in [9.17, 15) is 63.6 Å². The molecular weight excluding hydrogens is 1090 g/mol. The van der Waals surface area contributed by atoms with Crippen molar-refractivity contribution in [1.29, 1.82) is 0 Å². The first-order valence-corrected chi connectivity index (χ1v) is 26.5. The molecule has 0 spiro atoms. The number of aliphatic hydroxyl groups is 3. The summed E-state index contributed by atoms with van der Waals surface area (Å²) >= 11 is 1.18. The van der Waals surface area contributed by atoms with Gasteiger partial charge in [0.15, 0.2) is 23.4 Å². The Hall–Kier alpha value is -8.31. The van der Waals surface area contributed by atoms with Crippen molar-refractivity contribution in [2.24, 2.45) is 0 Å². The summed E-state index contributed by atoms with van der Waals surface area (Å²) in [7, 11) is 2.90. The van der Waals surface area contributed by atoms with Gasteiger partial charge in [0.2, 0.25) is 24.0 Å². The van der Waals surface area contributed by atoms with Gasteiger partial charge >= 0.3 is 17.9 Å². The standard InChI is InChI=1S/C53H60N6O21S/c1-74-35-22-29-25-58(26-32(29)57-50(35)76-19-6-20-77-51-36(75-2)24-37-31(56-51)23-38(81-37)33(60)9-14-44(66)67)41(63)13-15-45(68)78-27-28-8-10-34(79-53-48(71)46(69)47(70)49(80-53)52(72)73)30(21-28)55-40(62)16-17-54-39(61)7-4-3-5-18-59-42(64)11-12-43(59)65/h8,10-12,21-24,46-49,53,69-71H,3-7,9,13-20,25-27H2,1-2H3,(H,54,61)(H,55,62)(H,66,67)(H,72,73)/t46-,47-,48+,49-,53+/m0/s1. The number of aliphatic carboxylic acids is 2. The van der Waals surface area contributed by atoms with Gasteiger partial charge in [-0.2, -0.15) is 0 Å². The third-order valence-corrected chi connectivity index (χ3v) is 13.9. The molecule has 1 fully saturated rings. The normalized spacial score (nSPS) is 18.3. The summed E-state index contributed by atoms with van der Waals surface area (Å²) in [5.41, 5.74) is 2.00. The Kier molecular flexibility index (Phi) is 21.0. The number of ether oxygens (including phenoxy) is 7. The minimum Gasteiger partial charge on any atom is -0.491 e. The van der Waals surface area contributed by atoms with Gasteiger partial charge in [-0.3, -0.25) is 43.3 Å². The molecule has 434 valence electrons. The lowest BCUT2D eigenvalue weighted by Gasteiger charge is -2.38. The van der Waals surface area contributed by atoms with Crippen molar-refractivity contribution in [2.75, 3.05) is 45.8 Å². The largest absolute Gasteiger partial charge is 0.491 e. The van der Waals surface area contributed by atoms with Gasteiger partial charge < -0.3 is 74.2 Å². The summed E-state index contributed by atoms with van der Waals surface area (Å²) in [6.07, 6.45) is -6.51. The van der Waals surface area contributed by atoms with Crippen molar-refractivity contribution in [3.8, 4) is 29.0 Å². The van der Waals surface area contributed by atoms with Gasteiger partial charge in [0.25, 0.3) is 23.6 Å². The van der Waals surface area contributed by atoms with Gasteiger partial charge in [-0.05, 0) is 48.2 Å². The monoisotopic (exact) mass is 1150 g/mol. The van der Waals surface area contributed by atoms with E-state index in [1.54, 1.807) is 18.2 Å². The number of aliphatic hydroxyl groups excluding tert-OH is 3. The second-order valence-electron chi connectivity index (χ2n) is 18.7. The topological polar surface area (TPSA) is 376 Å². The second kappa shape index (κ2) is 28.2. The van der Waals surface area contributed by atoms with Crippen LogP contribution in [0.15, 0.2) is 48.6 Å². The number of pyridine rings is 2. The number of nitrogens with zero attached hydrogens (tertiary/aromatic N) is 4.